The molecule has 0 bridgehead atoms. The minimum Gasteiger partial charge on any atom is -0.375 e. The molecule has 2 rings (SSSR count). The molecule has 1 N–H and O–H groups in total. The first-order valence-corrected chi connectivity index (χ1v) is 7.08. The highest BCUT2D eigenvalue weighted by molar-refractivity contribution is 5.48. The van der Waals surface area contributed by atoms with E-state index >= 15 is 0 Å². The van der Waals surface area contributed by atoms with E-state index in [2.05, 4.69) is 60.8 Å². The molecule has 1 atom stereocenters. The third-order valence-electron chi connectivity index (χ3n) is 3.35. The van der Waals surface area contributed by atoms with Crippen LogP contribution in [0.2, 0.25) is 0 Å². The predicted octanol–water partition coefficient (Wildman–Crippen LogP) is 3.94. The molecule has 3 heteroatoms. The maximum absolute atomic E-state index is 4.49. The van der Waals surface area contributed by atoms with E-state index < -0.39 is 0 Å². The first kappa shape index (κ1) is 13.7. The van der Waals surface area contributed by atoms with Crippen LogP contribution in [0.5, 0.6) is 0 Å². The molecule has 3 nitrogen and oxygen atoms in total. The van der Waals surface area contributed by atoms with E-state index in [9.17, 15) is 0 Å². The van der Waals surface area contributed by atoms with Gasteiger partial charge in [-0.2, -0.15) is 5.10 Å². The van der Waals surface area contributed by atoms with E-state index in [4.69, 9.17) is 0 Å². The van der Waals surface area contributed by atoms with Gasteiger partial charge in [-0.1, -0.05) is 50.6 Å². The number of rotatable bonds is 6. The molecule has 1 heterocycles. The summed E-state index contributed by atoms with van der Waals surface area (Å²) in [5.41, 5.74) is 3.64. The van der Waals surface area contributed by atoms with Crippen molar-refractivity contribution in [2.75, 3.05) is 5.32 Å². The van der Waals surface area contributed by atoms with Crippen LogP contribution in [0.4, 0.5) is 5.69 Å². The minimum atomic E-state index is 0.362. The summed E-state index contributed by atoms with van der Waals surface area (Å²) < 4.78 is 1.88. The molecule has 1 aromatic heterocycles. The zero-order chi connectivity index (χ0) is 13.7. The van der Waals surface area contributed by atoms with Crippen LogP contribution < -0.4 is 5.32 Å². The van der Waals surface area contributed by atoms with E-state index in [0.29, 0.717) is 6.04 Å². The molecule has 0 fully saturated rings. The largest absolute Gasteiger partial charge is 0.375 e. The Balaban J connectivity index is 2.21. The molecule has 0 aliphatic heterocycles. The maximum Gasteiger partial charge on any atom is 0.0853 e. The molecule has 0 amide bonds. The Morgan fingerprint density at radius 3 is 2.58 bits per heavy atom. The van der Waals surface area contributed by atoms with E-state index in [1.54, 1.807) is 0 Å². The number of benzene rings is 1. The molecule has 1 unspecified atom stereocenters. The molecule has 102 valence electrons. The molecule has 0 radical (unpaired) electrons. The van der Waals surface area contributed by atoms with Crippen molar-refractivity contribution in [3.05, 3.63) is 47.8 Å². The van der Waals surface area contributed by atoms with Crippen LogP contribution in [-0.2, 0) is 13.5 Å². The van der Waals surface area contributed by atoms with Crippen LogP contribution in [-0.4, -0.2) is 9.78 Å². The van der Waals surface area contributed by atoms with E-state index in [-0.39, 0.29) is 0 Å². The van der Waals surface area contributed by atoms with Gasteiger partial charge in [0.05, 0.1) is 17.4 Å². The molecule has 0 aliphatic rings. The monoisotopic (exact) mass is 257 g/mol. The van der Waals surface area contributed by atoms with Crippen molar-refractivity contribution in [3.8, 4) is 0 Å². The first-order valence-electron chi connectivity index (χ1n) is 7.08. The van der Waals surface area contributed by atoms with Crippen molar-refractivity contribution in [3.63, 3.8) is 0 Å². The van der Waals surface area contributed by atoms with Crippen molar-refractivity contribution in [2.45, 2.75) is 39.2 Å². The third kappa shape index (κ3) is 3.37. The lowest BCUT2D eigenvalue weighted by Gasteiger charge is -2.19. The van der Waals surface area contributed by atoms with Crippen molar-refractivity contribution in [1.82, 2.24) is 9.78 Å². The standard InChI is InChI=1S/C16H23N3/c1-4-9-15(13-10-7-6-8-11-13)17-16-12-19(3)18-14(16)5-2/h6-8,10-12,15,17H,4-5,9H2,1-3H3. The minimum absolute atomic E-state index is 0.362. The molecular weight excluding hydrogens is 234 g/mol. The first-order chi connectivity index (χ1) is 9.24. The smallest absolute Gasteiger partial charge is 0.0853 e. The fourth-order valence-corrected chi connectivity index (χ4v) is 2.40. The number of hydrogen-bond acceptors (Lipinski definition) is 2. The fourth-order valence-electron chi connectivity index (χ4n) is 2.40. The number of aryl methyl sites for hydroxylation is 2. The summed E-state index contributed by atoms with van der Waals surface area (Å²) in [7, 11) is 1.97. The Morgan fingerprint density at radius 2 is 1.95 bits per heavy atom. The van der Waals surface area contributed by atoms with Gasteiger partial charge in [-0.05, 0) is 18.4 Å². The lowest BCUT2D eigenvalue weighted by atomic mass is 10.0. The number of anilines is 1. The number of aromatic nitrogens is 2. The molecule has 19 heavy (non-hydrogen) atoms. The maximum atomic E-state index is 4.49. The van der Waals surface area contributed by atoms with E-state index in [1.807, 2.05) is 11.7 Å². The predicted molar refractivity (Wildman–Crippen MR) is 80.3 cm³/mol. The summed E-state index contributed by atoms with van der Waals surface area (Å²) in [6.45, 7) is 4.37. The SMILES string of the molecule is CCCC(Nc1cn(C)nc1CC)c1ccccc1. The van der Waals surface area contributed by atoms with Gasteiger partial charge in [-0.3, -0.25) is 4.68 Å². The number of hydrogen-bond donors (Lipinski definition) is 1. The number of nitrogens with one attached hydrogen (secondary N) is 1. The van der Waals surface area contributed by atoms with Gasteiger partial charge >= 0.3 is 0 Å². The highest BCUT2D eigenvalue weighted by Gasteiger charge is 2.13. The molecule has 0 aliphatic carbocycles. The van der Waals surface area contributed by atoms with Crippen LogP contribution in [0.1, 0.15) is 44.0 Å². The van der Waals surface area contributed by atoms with Gasteiger partial charge in [0.15, 0.2) is 0 Å². The summed E-state index contributed by atoms with van der Waals surface area (Å²) in [5.74, 6) is 0. The summed E-state index contributed by atoms with van der Waals surface area (Å²) in [6.07, 6.45) is 5.32. The highest BCUT2D eigenvalue weighted by Crippen LogP contribution is 2.25. The van der Waals surface area contributed by atoms with Gasteiger partial charge in [-0.15, -0.1) is 0 Å². The second-order valence-electron chi connectivity index (χ2n) is 4.91. The van der Waals surface area contributed by atoms with E-state index in [1.165, 1.54) is 5.56 Å². The highest BCUT2D eigenvalue weighted by atomic mass is 15.3. The molecule has 2 aromatic rings. The van der Waals surface area contributed by atoms with Gasteiger partial charge < -0.3 is 5.32 Å². The van der Waals surface area contributed by atoms with Crippen LogP contribution >= 0.6 is 0 Å². The van der Waals surface area contributed by atoms with Crippen LogP contribution in [0.3, 0.4) is 0 Å². The van der Waals surface area contributed by atoms with Gasteiger partial charge in [0, 0.05) is 13.2 Å². The fraction of sp³-hybridized carbons (Fsp3) is 0.438. The Hall–Kier alpha value is -1.77. The quantitative estimate of drug-likeness (QED) is 0.849. The van der Waals surface area contributed by atoms with E-state index in [0.717, 1.165) is 30.6 Å². The van der Waals surface area contributed by atoms with Crippen LogP contribution in [0.15, 0.2) is 36.5 Å². The zero-order valence-corrected chi connectivity index (χ0v) is 12.1. The second kappa shape index (κ2) is 6.41. The average molecular weight is 257 g/mol. The van der Waals surface area contributed by atoms with Gasteiger partial charge in [0.25, 0.3) is 0 Å². The van der Waals surface area contributed by atoms with Crippen LogP contribution in [0, 0.1) is 0 Å². The Bertz CT molecular complexity index is 502. The second-order valence-corrected chi connectivity index (χ2v) is 4.91. The molecule has 0 spiro atoms. The summed E-state index contributed by atoms with van der Waals surface area (Å²) in [4.78, 5) is 0. The average Bonchev–Trinajstić information content (AvgIpc) is 2.79. The lowest BCUT2D eigenvalue weighted by molar-refractivity contribution is 0.676. The lowest BCUT2D eigenvalue weighted by Crippen LogP contribution is -2.11. The summed E-state index contributed by atoms with van der Waals surface area (Å²) in [5, 5.41) is 8.14. The molecule has 0 saturated carbocycles. The summed E-state index contributed by atoms with van der Waals surface area (Å²) >= 11 is 0. The van der Waals surface area contributed by atoms with Crippen molar-refractivity contribution in [1.29, 1.82) is 0 Å². The Kier molecular flexibility index (Phi) is 4.61. The molecule has 0 saturated heterocycles. The topological polar surface area (TPSA) is 29.9 Å². The van der Waals surface area contributed by atoms with Crippen LogP contribution in [0.25, 0.3) is 0 Å². The molecule has 1 aromatic carbocycles. The van der Waals surface area contributed by atoms with Crippen molar-refractivity contribution < 1.29 is 0 Å². The van der Waals surface area contributed by atoms with Crippen molar-refractivity contribution >= 4 is 5.69 Å². The Morgan fingerprint density at radius 1 is 1.21 bits per heavy atom. The number of nitrogens with zero attached hydrogens (tertiary/aromatic N) is 2. The normalized spacial score (nSPS) is 12.4. The van der Waals surface area contributed by atoms with Gasteiger partial charge in [-0.25, -0.2) is 0 Å². The Labute approximate surface area is 115 Å². The van der Waals surface area contributed by atoms with Crippen molar-refractivity contribution in [2.24, 2.45) is 7.05 Å². The zero-order valence-electron chi connectivity index (χ0n) is 12.1. The van der Waals surface area contributed by atoms with Gasteiger partial charge in [0.2, 0.25) is 0 Å². The third-order valence-corrected chi connectivity index (χ3v) is 3.35. The summed E-state index contributed by atoms with van der Waals surface area (Å²) in [6, 6.07) is 11.0. The molecular formula is C16H23N3. The van der Waals surface area contributed by atoms with Gasteiger partial charge in [0.1, 0.15) is 0 Å².